The number of nitrogens with one attached hydrogen (secondary N) is 1. The lowest BCUT2D eigenvalue weighted by atomic mass is 9.93. The third-order valence-corrected chi connectivity index (χ3v) is 3.77. The quantitative estimate of drug-likeness (QED) is 0.840. The van der Waals surface area contributed by atoms with Crippen molar-refractivity contribution >= 4 is 0 Å². The van der Waals surface area contributed by atoms with E-state index in [2.05, 4.69) is 11.4 Å². The van der Waals surface area contributed by atoms with Crippen LogP contribution in [0.25, 0.3) is 0 Å². The molecular formula is C16H25NO3. The van der Waals surface area contributed by atoms with Crippen LogP contribution in [-0.4, -0.2) is 31.0 Å². The zero-order valence-corrected chi connectivity index (χ0v) is 12.4. The summed E-state index contributed by atoms with van der Waals surface area (Å²) >= 11 is 0. The van der Waals surface area contributed by atoms with E-state index in [-0.39, 0.29) is 6.10 Å². The van der Waals surface area contributed by atoms with Crippen LogP contribution in [-0.2, 0) is 6.54 Å². The van der Waals surface area contributed by atoms with Gasteiger partial charge in [0.2, 0.25) is 0 Å². The standard InChI is InChI=1S/C16H25NO3/c1-3-20-15-8-7-12(9-16(15)19-2)11-17-13-5-4-6-14(18)10-13/h7-9,13-14,17-18H,3-6,10-11H2,1-2H3. The molecule has 2 unspecified atom stereocenters. The van der Waals surface area contributed by atoms with Gasteiger partial charge in [0.05, 0.1) is 19.8 Å². The van der Waals surface area contributed by atoms with E-state index in [0.29, 0.717) is 12.6 Å². The largest absolute Gasteiger partial charge is 0.493 e. The van der Waals surface area contributed by atoms with E-state index in [1.807, 2.05) is 19.1 Å². The number of aliphatic hydroxyl groups excluding tert-OH is 1. The highest BCUT2D eigenvalue weighted by atomic mass is 16.5. The summed E-state index contributed by atoms with van der Waals surface area (Å²) in [4.78, 5) is 0. The van der Waals surface area contributed by atoms with E-state index >= 15 is 0 Å². The Kier molecular flexibility index (Phi) is 5.68. The molecule has 1 fully saturated rings. The maximum Gasteiger partial charge on any atom is 0.161 e. The highest BCUT2D eigenvalue weighted by Crippen LogP contribution is 2.28. The number of aliphatic hydroxyl groups is 1. The lowest BCUT2D eigenvalue weighted by molar-refractivity contribution is 0.111. The van der Waals surface area contributed by atoms with Crippen molar-refractivity contribution in [1.29, 1.82) is 0 Å². The average molecular weight is 279 g/mol. The molecule has 1 aliphatic rings. The van der Waals surface area contributed by atoms with Crippen LogP contribution in [0, 0.1) is 0 Å². The predicted molar refractivity (Wildman–Crippen MR) is 79.3 cm³/mol. The fourth-order valence-corrected chi connectivity index (χ4v) is 2.71. The van der Waals surface area contributed by atoms with Gasteiger partial charge in [0.15, 0.2) is 11.5 Å². The molecule has 2 rings (SSSR count). The van der Waals surface area contributed by atoms with E-state index in [0.717, 1.165) is 43.7 Å². The molecular weight excluding hydrogens is 254 g/mol. The third kappa shape index (κ3) is 4.12. The van der Waals surface area contributed by atoms with Crippen LogP contribution in [0.15, 0.2) is 18.2 Å². The van der Waals surface area contributed by atoms with Crippen molar-refractivity contribution in [1.82, 2.24) is 5.32 Å². The van der Waals surface area contributed by atoms with Crippen LogP contribution in [0.5, 0.6) is 11.5 Å². The van der Waals surface area contributed by atoms with Crippen molar-refractivity contribution in [3.8, 4) is 11.5 Å². The molecule has 4 nitrogen and oxygen atoms in total. The predicted octanol–water partition coefficient (Wildman–Crippen LogP) is 2.49. The van der Waals surface area contributed by atoms with Gasteiger partial charge in [0.25, 0.3) is 0 Å². The summed E-state index contributed by atoms with van der Waals surface area (Å²) in [6, 6.07) is 6.43. The summed E-state index contributed by atoms with van der Waals surface area (Å²) in [7, 11) is 1.66. The summed E-state index contributed by atoms with van der Waals surface area (Å²) in [6.07, 6.45) is 3.90. The highest BCUT2D eigenvalue weighted by Gasteiger charge is 2.19. The Labute approximate surface area is 121 Å². The second kappa shape index (κ2) is 7.50. The summed E-state index contributed by atoms with van der Waals surface area (Å²) in [5, 5.41) is 13.2. The highest BCUT2D eigenvalue weighted by molar-refractivity contribution is 5.42. The van der Waals surface area contributed by atoms with E-state index in [9.17, 15) is 5.11 Å². The molecule has 1 aliphatic carbocycles. The summed E-state index contributed by atoms with van der Waals surface area (Å²) in [5.74, 6) is 1.56. The monoisotopic (exact) mass is 279 g/mol. The molecule has 4 heteroatoms. The Balaban J connectivity index is 1.92. The molecule has 2 N–H and O–H groups in total. The van der Waals surface area contributed by atoms with Crippen molar-refractivity contribution in [2.24, 2.45) is 0 Å². The number of methoxy groups -OCH3 is 1. The van der Waals surface area contributed by atoms with Crippen molar-refractivity contribution < 1.29 is 14.6 Å². The lowest BCUT2D eigenvalue weighted by Crippen LogP contribution is -2.35. The average Bonchev–Trinajstić information content (AvgIpc) is 2.46. The van der Waals surface area contributed by atoms with Gasteiger partial charge in [-0.1, -0.05) is 6.07 Å². The molecule has 0 amide bonds. The first-order valence-corrected chi connectivity index (χ1v) is 7.44. The Morgan fingerprint density at radius 3 is 2.85 bits per heavy atom. The first kappa shape index (κ1) is 15.1. The van der Waals surface area contributed by atoms with Crippen molar-refractivity contribution in [2.45, 2.75) is 51.3 Å². The molecule has 0 spiro atoms. The van der Waals surface area contributed by atoms with Gasteiger partial charge in [0, 0.05) is 12.6 Å². The van der Waals surface area contributed by atoms with E-state index in [1.54, 1.807) is 7.11 Å². The fraction of sp³-hybridized carbons (Fsp3) is 0.625. The van der Waals surface area contributed by atoms with Gasteiger partial charge in [-0.25, -0.2) is 0 Å². The minimum atomic E-state index is -0.142. The Morgan fingerprint density at radius 2 is 2.15 bits per heavy atom. The zero-order valence-electron chi connectivity index (χ0n) is 12.4. The SMILES string of the molecule is CCOc1ccc(CNC2CCCC(O)C2)cc1OC. The van der Waals surface area contributed by atoms with Crippen molar-refractivity contribution in [3.63, 3.8) is 0 Å². The first-order chi connectivity index (χ1) is 9.72. The van der Waals surface area contributed by atoms with Gasteiger partial charge in [-0.15, -0.1) is 0 Å². The summed E-state index contributed by atoms with van der Waals surface area (Å²) < 4.78 is 10.9. The van der Waals surface area contributed by atoms with Crippen LogP contribution in [0.1, 0.15) is 38.2 Å². The Bertz CT molecular complexity index is 422. The topological polar surface area (TPSA) is 50.7 Å². The number of ether oxygens (including phenoxy) is 2. The molecule has 1 saturated carbocycles. The van der Waals surface area contributed by atoms with Gasteiger partial charge in [0.1, 0.15) is 0 Å². The number of hydrogen-bond acceptors (Lipinski definition) is 4. The minimum absolute atomic E-state index is 0.142. The number of benzene rings is 1. The molecule has 20 heavy (non-hydrogen) atoms. The third-order valence-electron chi connectivity index (χ3n) is 3.77. The van der Waals surface area contributed by atoms with Gasteiger partial charge in [-0.2, -0.15) is 0 Å². The normalized spacial score (nSPS) is 22.6. The van der Waals surface area contributed by atoms with Crippen LogP contribution >= 0.6 is 0 Å². The fourth-order valence-electron chi connectivity index (χ4n) is 2.71. The van der Waals surface area contributed by atoms with Crippen LogP contribution < -0.4 is 14.8 Å². The zero-order chi connectivity index (χ0) is 14.4. The first-order valence-electron chi connectivity index (χ1n) is 7.44. The Morgan fingerprint density at radius 1 is 1.30 bits per heavy atom. The van der Waals surface area contributed by atoms with Crippen LogP contribution in [0.4, 0.5) is 0 Å². The van der Waals surface area contributed by atoms with Gasteiger partial charge >= 0.3 is 0 Å². The van der Waals surface area contributed by atoms with E-state index in [1.165, 1.54) is 5.56 Å². The van der Waals surface area contributed by atoms with Gasteiger partial charge in [-0.05, 0) is 50.3 Å². The molecule has 2 atom stereocenters. The smallest absolute Gasteiger partial charge is 0.161 e. The molecule has 0 aromatic heterocycles. The van der Waals surface area contributed by atoms with E-state index in [4.69, 9.17) is 9.47 Å². The van der Waals surface area contributed by atoms with Crippen LogP contribution in [0.2, 0.25) is 0 Å². The van der Waals surface area contributed by atoms with Crippen LogP contribution in [0.3, 0.4) is 0 Å². The van der Waals surface area contributed by atoms with Crippen molar-refractivity contribution in [3.05, 3.63) is 23.8 Å². The molecule has 112 valence electrons. The van der Waals surface area contributed by atoms with Gasteiger partial charge in [-0.3, -0.25) is 0 Å². The van der Waals surface area contributed by atoms with Crippen molar-refractivity contribution in [2.75, 3.05) is 13.7 Å². The molecule has 0 heterocycles. The maximum absolute atomic E-state index is 9.68. The molecule has 0 bridgehead atoms. The molecule has 0 radical (unpaired) electrons. The lowest BCUT2D eigenvalue weighted by Gasteiger charge is -2.26. The second-order valence-electron chi connectivity index (χ2n) is 5.32. The number of hydrogen-bond donors (Lipinski definition) is 2. The summed E-state index contributed by atoms with van der Waals surface area (Å²) in [5.41, 5.74) is 1.17. The molecule has 0 aliphatic heterocycles. The maximum atomic E-state index is 9.68. The number of rotatable bonds is 6. The molecule has 0 saturated heterocycles. The summed E-state index contributed by atoms with van der Waals surface area (Å²) in [6.45, 7) is 3.39. The van der Waals surface area contributed by atoms with E-state index < -0.39 is 0 Å². The second-order valence-corrected chi connectivity index (χ2v) is 5.32. The Hall–Kier alpha value is -1.26. The van der Waals surface area contributed by atoms with Gasteiger partial charge < -0.3 is 19.9 Å². The molecule has 1 aromatic carbocycles. The minimum Gasteiger partial charge on any atom is -0.493 e. The molecule has 1 aromatic rings.